The third-order valence-corrected chi connectivity index (χ3v) is 5.82. The summed E-state index contributed by atoms with van der Waals surface area (Å²) in [5.41, 5.74) is 0.476. The summed E-state index contributed by atoms with van der Waals surface area (Å²) in [6.45, 7) is 2.45. The highest BCUT2D eigenvalue weighted by molar-refractivity contribution is 7.89. The third kappa shape index (κ3) is 4.16. The van der Waals surface area contributed by atoms with Crippen LogP contribution < -0.4 is 10.0 Å². The van der Waals surface area contributed by atoms with E-state index in [1.807, 2.05) is 0 Å². The van der Waals surface area contributed by atoms with Gasteiger partial charge in [0.25, 0.3) is 0 Å². The van der Waals surface area contributed by atoms with Crippen molar-refractivity contribution in [3.8, 4) is 0 Å². The number of H-pyrrole nitrogens is 1. The van der Waals surface area contributed by atoms with Gasteiger partial charge in [-0.15, -0.1) is 12.4 Å². The molecule has 1 fully saturated rings. The lowest BCUT2D eigenvalue weighted by Crippen LogP contribution is -2.33. The van der Waals surface area contributed by atoms with Crippen LogP contribution in [0.2, 0.25) is 5.02 Å². The van der Waals surface area contributed by atoms with E-state index in [-0.39, 0.29) is 17.3 Å². The molecule has 1 unspecified atom stereocenters. The fourth-order valence-corrected chi connectivity index (χ4v) is 4.38. The zero-order chi connectivity index (χ0) is 15.6. The molecular weight excluding hydrogens is 359 g/mol. The topological polar surface area (TPSA) is 86.9 Å². The van der Waals surface area contributed by atoms with Crippen LogP contribution in [0.3, 0.4) is 0 Å². The molecule has 3 rings (SSSR count). The minimum atomic E-state index is -3.59. The molecule has 0 spiro atoms. The summed E-state index contributed by atoms with van der Waals surface area (Å²) in [5.74, 6) is 0.532. The number of piperidine rings is 1. The number of hydrogen-bond donors (Lipinski definition) is 3. The van der Waals surface area contributed by atoms with E-state index < -0.39 is 10.0 Å². The third-order valence-electron chi connectivity index (χ3n) is 4.02. The summed E-state index contributed by atoms with van der Waals surface area (Å²) >= 11 is 6.10. The average Bonchev–Trinajstić information content (AvgIpc) is 2.94. The Morgan fingerprint density at radius 3 is 3.00 bits per heavy atom. The maximum atomic E-state index is 12.5. The highest BCUT2D eigenvalue weighted by Gasteiger charge is 2.21. The van der Waals surface area contributed by atoms with E-state index >= 15 is 0 Å². The van der Waals surface area contributed by atoms with Gasteiger partial charge in [-0.2, -0.15) is 0 Å². The van der Waals surface area contributed by atoms with Gasteiger partial charge in [-0.1, -0.05) is 11.6 Å². The van der Waals surface area contributed by atoms with E-state index in [2.05, 4.69) is 20.0 Å². The van der Waals surface area contributed by atoms with Crippen LogP contribution in [0.15, 0.2) is 23.4 Å². The van der Waals surface area contributed by atoms with E-state index in [0.717, 1.165) is 32.4 Å². The van der Waals surface area contributed by atoms with E-state index in [1.165, 1.54) is 6.20 Å². The molecule has 128 valence electrons. The monoisotopic (exact) mass is 378 g/mol. The summed E-state index contributed by atoms with van der Waals surface area (Å²) in [5, 5.41) is 4.15. The van der Waals surface area contributed by atoms with Crippen molar-refractivity contribution in [2.75, 3.05) is 19.6 Å². The van der Waals surface area contributed by atoms with Gasteiger partial charge in [-0.3, -0.25) is 0 Å². The fourth-order valence-electron chi connectivity index (χ4n) is 2.85. The number of fused-ring (bicyclic) bond motifs is 1. The first-order valence-electron chi connectivity index (χ1n) is 7.40. The molecule has 1 atom stereocenters. The molecule has 0 amide bonds. The lowest BCUT2D eigenvalue weighted by atomic mass is 9.96. The summed E-state index contributed by atoms with van der Waals surface area (Å²) in [4.78, 5) is 7.09. The summed E-state index contributed by atoms with van der Waals surface area (Å²) in [6.07, 6.45) is 6.12. The van der Waals surface area contributed by atoms with E-state index in [1.54, 1.807) is 12.3 Å². The molecule has 3 heterocycles. The largest absolute Gasteiger partial charge is 0.345 e. The number of aromatic nitrogens is 2. The molecule has 0 saturated carbocycles. The molecule has 0 radical (unpaired) electrons. The maximum absolute atomic E-state index is 12.5. The Hall–Kier alpha value is -0.860. The van der Waals surface area contributed by atoms with Gasteiger partial charge < -0.3 is 10.3 Å². The Balaban J connectivity index is 0.00000192. The second-order valence-corrected chi connectivity index (χ2v) is 7.71. The smallest absolute Gasteiger partial charge is 0.242 e. The van der Waals surface area contributed by atoms with Gasteiger partial charge in [0.1, 0.15) is 10.5 Å². The summed E-state index contributed by atoms with van der Waals surface area (Å²) < 4.78 is 27.6. The first kappa shape index (κ1) is 18.5. The van der Waals surface area contributed by atoms with E-state index in [9.17, 15) is 8.42 Å². The minimum Gasteiger partial charge on any atom is -0.345 e. The van der Waals surface area contributed by atoms with E-state index in [0.29, 0.717) is 28.5 Å². The van der Waals surface area contributed by atoms with Gasteiger partial charge in [0.2, 0.25) is 10.0 Å². The Morgan fingerprint density at radius 1 is 1.43 bits per heavy atom. The van der Waals surface area contributed by atoms with Gasteiger partial charge >= 0.3 is 0 Å². The van der Waals surface area contributed by atoms with Crippen LogP contribution in [0.5, 0.6) is 0 Å². The van der Waals surface area contributed by atoms with Gasteiger partial charge in [0.15, 0.2) is 0 Å². The molecule has 3 N–H and O–H groups in total. The summed E-state index contributed by atoms with van der Waals surface area (Å²) in [6, 6.07) is 1.59. The van der Waals surface area contributed by atoms with Crippen molar-refractivity contribution in [3.05, 3.63) is 23.5 Å². The van der Waals surface area contributed by atoms with Crippen molar-refractivity contribution in [1.82, 2.24) is 20.0 Å². The lowest BCUT2D eigenvalue weighted by molar-refractivity contribution is 0.358. The van der Waals surface area contributed by atoms with Crippen LogP contribution in [-0.4, -0.2) is 38.0 Å². The summed E-state index contributed by atoms with van der Waals surface area (Å²) in [7, 11) is -3.59. The second-order valence-electron chi connectivity index (χ2n) is 5.57. The average molecular weight is 379 g/mol. The highest BCUT2D eigenvalue weighted by Crippen LogP contribution is 2.28. The van der Waals surface area contributed by atoms with Crippen molar-refractivity contribution in [2.24, 2.45) is 5.92 Å². The predicted octanol–water partition coefficient (Wildman–Crippen LogP) is 2.31. The molecule has 1 saturated heterocycles. The quantitative estimate of drug-likeness (QED) is 0.744. The first-order valence-corrected chi connectivity index (χ1v) is 9.26. The molecule has 6 nitrogen and oxygen atoms in total. The zero-order valence-corrected chi connectivity index (χ0v) is 14.9. The molecule has 2 aromatic rings. The molecule has 1 aliphatic rings. The Kier molecular flexibility index (Phi) is 6.27. The van der Waals surface area contributed by atoms with Gasteiger partial charge in [-0.25, -0.2) is 18.1 Å². The number of rotatable bonds is 5. The zero-order valence-electron chi connectivity index (χ0n) is 12.5. The fraction of sp³-hybridized carbons (Fsp3) is 0.500. The molecule has 1 aliphatic heterocycles. The molecular formula is C14H20Cl2N4O2S. The van der Waals surface area contributed by atoms with Crippen molar-refractivity contribution < 1.29 is 8.42 Å². The number of hydrogen-bond acceptors (Lipinski definition) is 4. The van der Waals surface area contributed by atoms with Crippen molar-refractivity contribution >= 4 is 45.1 Å². The normalized spacial score (nSPS) is 18.7. The van der Waals surface area contributed by atoms with Crippen molar-refractivity contribution in [1.29, 1.82) is 0 Å². The molecule has 0 aliphatic carbocycles. The SMILES string of the molecule is Cl.O=S(=O)(NCCC1CCCNC1)c1c[nH]c2nccc(Cl)c12. The number of nitrogens with zero attached hydrogens (tertiary/aromatic N) is 1. The second kappa shape index (κ2) is 7.81. The van der Waals surface area contributed by atoms with Crippen molar-refractivity contribution in [3.63, 3.8) is 0 Å². The Labute approximate surface area is 146 Å². The van der Waals surface area contributed by atoms with Gasteiger partial charge in [0.05, 0.1) is 10.4 Å². The Bertz CT molecular complexity index is 757. The maximum Gasteiger partial charge on any atom is 0.242 e. The number of sulfonamides is 1. The van der Waals surface area contributed by atoms with Crippen LogP contribution in [-0.2, 0) is 10.0 Å². The molecule has 0 bridgehead atoms. The van der Waals surface area contributed by atoms with Crippen molar-refractivity contribution in [2.45, 2.75) is 24.2 Å². The lowest BCUT2D eigenvalue weighted by Gasteiger charge is -2.22. The number of nitrogens with one attached hydrogen (secondary N) is 3. The number of aromatic amines is 1. The van der Waals surface area contributed by atoms with Crippen LogP contribution in [0.4, 0.5) is 0 Å². The van der Waals surface area contributed by atoms with Crippen LogP contribution in [0.1, 0.15) is 19.3 Å². The van der Waals surface area contributed by atoms with Gasteiger partial charge in [-0.05, 0) is 44.3 Å². The Morgan fingerprint density at radius 2 is 2.26 bits per heavy atom. The molecule has 9 heteroatoms. The van der Waals surface area contributed by atoms with E-state index in [4.69, 9.17) is 11.6 Å². The number of halogens is 2. The number of pyridine rings is 1. The van der Waals surface area contributed by atoms with Gasteiger partial charge in [0, 0.05) is 18.9 Å². The van der Waals surface area contributed by atoms with Crippen LogP contribution >= 0.6 is 24.0 Å². The molecule has 23 heavy (non-hydrogen) atoms. The molecule has 2 aromatic heterocycles. The first-order chi connectivity index (χ1) is 10.6. The van der Waals surface area contributed by atoms with Crippen LogP contribution in [0.25, 0.3) is 11.0 Å². The molecule has 0 aromatic carbocycles. The predicted molar refractivity (Wildman–Crippen MR) is 93.8 cm³/mol. The highest BCUT2D eigenvalue weighted by atomic mass is 35.5. The minimum absolute atomic E-state index is 0. The standard InChI is InChI=1S/C14H19ClN4O2S.ClH/c15-11-4-6-17-14-13(11)12(9-18-14)22(20,21)19-7-3-10-2-1-5-16-8-10;/h4,6,9-10,16,19H,1-3,5,7-8H2,(H,17,18);1H. The van der Waals surface area contributed by atoms with Crippen LogP contribution in [0, 0.1) is 5.92 Å².